The predicted molar refractivity (Wildman–Crippen MR) is 129 cm³/mol. The summed E-state index contributed by atoms with van der Waals surface area (Å²) in [7, 11) is 0. The molecule has 0 saturated heterocycles. The second kappa shape index (κ2) is 10.2. The molecule has 0 atom stereocenters. The van der Waals surface area contributed by atoms with Crippen molar-refractivity contribution in [2.24, 2.45) is 0 Å². The number of para-hydroxylation sites is 1. The molecule has 1 N–H and O–H groups in total. The summed E-state index contributed by atoms with van der Waals surface area (Å²) < 4.78 is 54.4. The Kier molecular flexibility index (Phi) is 7.28. The summed E-state index contributed by atoms with van der Waals surface area (Å²) in [5.41, 5.74) is 1.42. The van der Waals surface area contributed by atoms with Gasteiger partial charge >= 0.3 is 12.3 Å². The van der Waals surface area contributed by atoms with E-state index in [-0.39, 0.29) is 28.7 Å². The Labute approximate surface area is 212 Å². The molecule has 4 aromatic rings. The molecule has 2 aromatic carbocycles. The highest BCUT2D eigenvalue weighted by atomic mass is 35.5. The van der Waals surface area contributed by atoms with E-state index < -0.39 is 18.1 Å². The van der Waals surface area contributed by atoms with E-state index in [2.05, 4.69) is 9.89 Å². The quantitative estimate of drug-likeness (QED) is 0.245. The molecule has 4 rings (SSSR count). The van der Waals surface area contributed by atoms with E-state index in [4.69, 9.17) is 26.0 Å². The van der Waals surface area contributed by atoms with Gasteiger partial charge in [0.1, 0.15) is 34.4 Å². The minimum atomic E-state index is -4.87. The lowest BCUT2D eigenvalue weighted by molar-refractivity contribution is -0.274. The average molecular weight is 538 g/mol. The highest BCUT2D eigenvalue weighted by molar-refractivity contribution is 7.17. The van der Waals surface area contributed by atoms with Crippen LogP contribution in [0.25, 0.3) is 21.7 Å². The van der Waals surface area contributed by atoms with Crippen molar-refractivity contribution in [1.29, 1.82) is 0 Å². The molecule has 0 aliphatic carbocycles. The van der Waals surface area contributed by atoms with Crippen LogP contribution in [0.3, 0.4) is 0 Å². The van der Waals surface area contributed by atoms with Crippen LogP contribution in [-0.2, 0) is 6.61 Å². The van der Waals surface area contributed by atoms with Crippen LogP contribution in [0.1, 0.15) is 40.8 Å². The highest BCUT2D eigenvalue weighted by Gasteiger charge is 2.33. The highest BCUT2D eigenvalue weighted by Crippen LogP contribution is 2.39. The van der Waals surface area contributed by atoms with Gasteiger partial charge < -0.3 is 19.1 Å². The lowest BCUT2D eigenvalue weighted by Gasteiger charge is -2.14. The second-order valence-corrected chi connectivity index (χ2v) is 9.46. The van der Waals surface area contributed by atoms with Crippen molar-refractivity contribution in [2.45, 2.75) is 32.7 Å². The molecule has 0 amide bonds. The number of hydrogen-bond donors (Lipinski definition) is 1. The zero-order chi connectivity index (χ0) is 26.0. The minimum absolute atomic E-state index is 0.0511. The lowest BCUT2D eigenvalue weighted by atomic mass is 10.0. The Morgan fingerprint density at radius 2 is 1.89 bits per heavy atom. The van der Waals surface area contributed by atoms with Gasteiger partial charge in [-0.25, -0.2) is 4.79 Å². The molecule has 0 bridgehead atoms. The number of nitrogens with zero attached hydrogens (tertiary/aromatic N) is 1. The van der Waals surface area contributed by atoms with Gasteiger partial charge in [0.2, 0.25) is 0 Å². The number of hydrogen-bond acceptors (Lipinski definition) is 6. The average Bonchev–Trinajstić information content (AvgIpc) is 3.45. The van der Waals surface area contributed by atoms with Gasteiger partial charge in [0, 0.05) is 21.9 Å². The summed E-state index contributed by atoms with van der Waals surface area (Å²) in [5.74, 6) is -0.669. The fourth-order valence-electron chi connectivity index (χ4n) is 3.54. The van der Waals surface area contributed by atoms with Crippen molar-refractivity contribution in [1.82, 2.24) is 5.16 Å². The third kappa shape index (κ3) is 5.66. The molecule has 188 valence electrons. The smallest absolute Gasteiger partial charge is 0.489 e. The standard InChI is InChI=1S/C25H19ClF3NO5S/c1-13(2)23-17(22(30-35-23)16-5-3-4-6-19(16)34-25(27,28)29)12-33-14-7-8-15(18(26)11-14)20-9-10-21(36-20)24(31)32/h3-11,13H,12H2,1-2H3,(H,31,32). The molecule has 0 saturated carbocycles. The monoisotopic (exact) mass is 537 g/mol. The molecule has 6 nitrogen and oxygen atoms in total. The molecular weight excluding hydrogens is 519 g/mol. The Hall–Kier alpha value is -3.50. The van der Waals surface area contributed by atoms with E-state index in [0.717, 1.165) is 11.3 Å². The molecule has 11 heteroatoms. The fourth-order valence-corrected chi connectivity index (χ4v) is 4.75. The van der Waals surface area contributed by atoms with Crippen LogP contribution in [0.2, 0.25) is 5.02 Å². The fraction of sp³-hybridized carbons (Fsp3) is 0.200. The number of carboxylic acids is 1. The second-order valence-electron chi connectivity index (χ2n) is 7.97. The number of thiophene rings is 1. The summed E-state index contributed by atoms with van der Waals surface area (Å²) in [6, 6.07) is 13.8. The lowest BCUT2D eigenvalue weighted by Crippen LogP contribution is -2.17. The predicted octanol–water partition coefficient (Wildman–Crippen LogP) is 8.02. The van der Waals surface area contributed by atoms with E-state index >= 15 is 0 Å². The zero-order valence-electron chi connectivity index (χ0n) is 18.9. The molecule has 0 unspecified atom stereocenters. The van der Waals surface area contributed by atoms with Crippen molar-refractivity contribution in [2.75, 3.05) is 0 Å². The van der Waals surface area contributed by atoms with Crippen molar-refractivity contribution >= 4 is 28.9 Å². The number of aromatic carboxylic acids is 1. The third-order valence-electron chi connectivity index (χ3n) is 5.12. The molecule has 2 heterocycles. The first-order valence-electron chi connectivity index (χ1n) is 10.6. The maximum absolute atomic E-state index is 12.9. The van der Waals surface area contributed by atoms with Crippen molar-refractivity contribution < 1.29 is 37.1 Å². The summed E-state index contributed by atoms with van der Waals surface area (Å²) >= 11 is 7.53. The first-order chi connectivity index (χ1) is 17.0. The molecule has 36 heavy (non-hydrogen) atoms. The van der Waals surface area contributed by atoms with E-state index in [1.54, 1.807) is 30.3 Å². The normalized spacial score (nSPS) is 11.6. The Morgan fingerprint density at radius 1 is 1.14 bits per heavy atom. The molecular formula is C25H19ClF3NO5S. The number of benzene rings is 2. The number of carbonyl (C=O) groups is 1. The summed E-state index contributed by atoms with van der Waals surface area (Å²) in [4.78, 5) is 12.0. The van der Waals surface area contributed by atoms with Crippen LogP contribution in [0.4, 0.5) is 13.2 Å². The molecule has 0 fully saturated rings. The van der Waals surface area contributed by atoms with Crippen LogP contribution < -0.4 is 9.47 Å². The SMILES string of the molecule is CC(C)c1onc(-c2ccccc2OC(F)(F)F)c1COc1ccc(-c2ccc(C(=O)O)s2)c(Cl)c1. The number of alkyl halides is 3. The van der Waals surface area contributed by atoms with E-state index in [1.165, 1.54) is 24.3 Å². The summed E-state index contributed by atoms with van der Waals surface area (Å²) in [6.45, 7) is 3.68. The maximum atomic E-state index is 12.9. The van der Waals surface area contributed by atoms with E-state index in [0.29, 0.717) is 32.5 Å². The Morgan fingerprint density at radius 3 is 2.53 bits per heavy atom. The Bertz CT molecular complexity index is 1400. The molecule has 0 aliphatic rings. The van der Waals surface area contributed by atoms with Gasteiger partial charge in [0.25, 0.3) is 0 Å². The van der Waals surface area contributed by atoms with Gasteiger partial charge in [-0.2, -0.15) is 0 Å². The largest absolute Gasteiger partial charge is 0.573 e. The van der Waals surface area contributed by atoms with Crippen LogP contribution in [0, 0.1) is 0 Å². The minimum Gasteiger partial charge on any atom is -0.489 e. The van der Waals surface area contributed by atoms with E-state index in [9.17, 15) is 18.0 Å². The summed E-state index contributed by atoms with van der Waals surface area (Å²) in [6.07, 6.45) is -4.87. The zero-order valence-corrected chi connectivity index (χ0v) is 20.5. The number of carboxylic acid groups (broad SMARTS) is 1. The van der Waals surface area contributed by atoms with Crippen LogP contribution in [-0.4, -0.2) is 22.6 Å². The van der Waals surface area contributed by atoms with Crippen molar-refractivity contribution in [3.05, 3.63) is 75.8 Å². The van der Waals surface area contributed by atoms with Gasteiger partial charge in [0.15, 0.2) is 0 Å². The van der Waals surface area contributed by atoms with Crippen LogP contribution in [0.5, 0.6) is 11.5 Å². The molecule has 0 spiro atoms. The Balaban J connectivity index is 1.62. The van der Waals surface area contributed by atoms with Gasteiger partial charge in [-0.15, -0.1) is 24.5 Å². The summed E-state index contributed by atoms with van der Waals surface area (Å²) in [5, 5.41) is 13.5. The van der Waals surface area contributed by atoms with Gasteiger partial charge in [-0.3, -0.25) is 0 Å². The molecule has 2 aromatic heterocycles. The van der Waals surface area contributed by atoms with Gasteiger partial charge in [-0.05, 0) is 42.5 Å². The van der Waals surface area contributed by atoms with Crippen LogP contribution in [0.15, 0.2) is 59.1 Å². The maximum Gasteiger partial charge on any atom is 0.573 e. The van der Waals surface area contributed by atoms with Crippen LogP contribution >= 0.6 is 22.9 Å². The first-order valence-corrected chi connectivity index (χ1v) is 11.8. The van der Waals surface area contributed by atoms with Crippen molar-refractivity contribution in [3.8, 4) is 33.2 Å². The first kappa shape index (κ1) is 25.6. The third-order valence-corrected chi connectivity index (χ3v) is 6.54. The van der Waals surface area contributed by atoms with Gasteiger partial charge in [0.05, 0.1) is 10.6 Å². The number of halogens is 4. The topological polar surface area (TPSA) is 81.8 Å². The van der Waals surface area contributed by atoms with Crippen molar-refractivity contribution in [3.63, 3.8) is 0 Å². The van der Waals surface area contributed by atoms with E-state index in [1.807, 2.05) is 13.8 Å². The molecule has 0 aliphatic heterocycles. The number of rotatable bonds is 8. The number of aromatic nitrogens is 1. The van der Waals surface area contributed by atoms with Gasteiger partial charge in [-0.1, -0.05) is 42.7 Å². The molecule has 0 radical (unpaired) electrons. The number of ether oxygens (including phenoxy) is 2.